The molecular formula is C3H7NO2S. The van der Waals surface area contributed by atoms with Gasteiger partial charge in [0, 0.05) is 6.21 Å². The van der Waals surface area contributed by atoms with Gasteiger partial charge in [-0.15, -0.1) is 0 Å². The zero-order valence-corrected chi connectivity index (χ0v) is 4.89. The maximum Gasteiger partial charge on any atom is 0.242 e. The summed E-state index contributed by atoms with van der Waals surface area (Å²) >= 11 is 0. The van der Waals surface area contributed by atoms with Gasteiger partial charge in [-0.2, -0.15) is 4.40 Å². The number of rotatable bonds is 2. The highest BCUT2D eigenvalue weighted by Crippen LogP contribution is 1.67. The average molecular weight is 121 g/mol. The van der Waals surface area contributed by atoms with Crippen molar-refractivity contribution in [2.24, 2.45) is 4.40 Å². The van der Waals surface area contributed by atoms with Crippen molar-refractivity contribution in [3.05, 3.63) is 0 Å². The van der Waals surface area contributed by atoms with Crippen molar-refractivity contribution in [2.45, 2.75) is 13.3 Å². The monoisotopic (exact) mass is 121 g/mol. The summed E-state index contributed by atoms with van der Waals surface area (Å²) < 4.78 is 22.3. The number of nitrogens with zero attached hydrogens (tertiary/aromatic N) is 1. The van der Waals surface area contributed by atoms with Crippen LogP contribution < -0.4 is 0 Å². The van der Waals surface area contributed by atoms with Gasteiger partial charge in [-0.05, 0) is 6.42 Å². The first-order chi connectivity index (χ1) is 3.27. The molecule has 3 nitrogen and oxygen atoms in total. The Bertz CT molecular complexity index is 119. The standard InChI is InChI=1S/C3H7NO2S/c1-2-3-4-7(5)6/h3,7H,2H2,1H3. The molecule has 42 valence electrons. The number of hydrogen-bond donors (Lipinski definition) is 1. The second kappa shape index (κ2) is 3.80. The third kappa shape index (κ3) is 5.62. The zero-order valence-electron chi connectivity index (χ0n) is 4.00. The SMILES string of the molecule is CCC=N[SH](=O)=O. The molecule has 0 aliphatic heterocycles. The van der Waals surface area contributed by atoms with E-state index in [4.69, 9.17) is 0 Å². The lowest BCUT2D eigenvalue weighted by Gasteiger charge is -1.67. The quantitative estimate of drug-likeness (QED) is 0.412. The Balaban J connectivity index is 3.48. The van der Waals surface area contributed by atoms with Crippen LogP contribution in [0.5, 0.6) is 0 Å². The van der Waals surface area contributed by atoms with Gasteiger partial charge in [0.25, 0.3) is 0 Å². The van der Waals surface area contributed by atoms with Gasteiger partial charge < -0.3 is 0 Å². The van der Waals surface area contributed by atoms with Crippen molar-refractivity contribution in [1.29, 1.82) is 0 Å². The maximum atomic E-state index is 9.60. The molecule has 0 saturated carbocycles. The van der Waals surface area contributed by atoms with E-state index in [9.17, 15) is 8.42 Å². The highest BCUT2D eigenvalue weighted by atomic mass is 32.2. The molecule has 0 N–H and O–H groups in total. The molecule has 0 saturated heterocycles. The van der Waals surface area contributed by atoms with Crippen LogP contribution in [0.4, 0.5) is 0 Å². The molecule has 0 fully saturated rings. The topological polar surface area (TPSA) is 46.5 Å². The summed E-state index contributed by atoms with van der Waals surface area (Å²) in [4.78, 5) is 0. The summed E-state index contributed by atoms with van der Waals surface area (Å²) in [5, 5.41) is 0. The summed E-state index contributed by atoms with van der Waals surface area (Å²) in [5.74, 6) is 0. The minimum atomic E-state index is -2.54. The minimum absolute atomic E-state index is 0.670. The smallest absolute Gasteiger partial charge is 0.208 e. The predicted octanol–water partition coefficient (Wildman–Crippen LogP) is -0.00640. The van der Waals surface area contributed by atoms with Crippen molar-refractivity contribution < 1.29 is 8.42 Å². The molecule has 0 unspecified atom stereocenters. The molecule has 0 rings (SSSR count). The van der Waals surface area contributed by atoms with Crippen LogP contribution >= 0.6 is 0 Å². The van der Waals surface area contributed by atoms with Crippen LogP contribution in [0.2, 0.25) is 0 Å². The summed E-state index contributed by atoms with van der Waals surface area (Å²) in [6.45, 7) is 1.82. The Morgan fingerprint density at radius 1 is 1.71 bits per heavy atom. The van der Waals surface area contributed by atoms with E-state index in [0.29, 0.717) is 6.42 Å². The molecular weight excluding hydrogens is 114 g/mol. The number of hydrogen-bond acceptors (Lipinski definition) is 2. The van der Waals surface area contributed by atoms with Crippen LogP contribution in [0.3, 0.4) is 0 Å². The average Bonchev–Trinajstić information content (AvgIpc) is 1.61. The van der Waals surface area contributed by atoms with Gasteiger partial charge in [0.15, 0.2) is 0 Å². The van der Waals surface area contributed by atoms with Gasteiger partial charge in [0.2, 0.25) is 10.9 Å². The Morgan fingerprint density at radius 2 is 2.29 bits per heavy atom. The molecule has 0 heterocycles. The van der Waals surface area contributed by atoms with E-state index < -0.39 is 10.9 Å². The number of thiol groups is 1. The lowest BCUT2D eigenvalue weighted by atomic mass is 10.6. The summed E-state index contributed by atoms with van der Waals surface area (Å²) in [7, 11) is -2.54. The van der Waals surface area contributed by atoms with Crippen LogP contribution in [0.15, 0.2) is 4.40 Å². The van der Waals surface area contributed by atoms with Gasteiger partial charge in [-0.25, -0.2) is 8.42 Å². The van der Waals surface area contributed by atoms with E-state index >= 15 is 0 Å². The van der Waals surface area contributed by atoms with E-state index in [0.717, 1.165) is 0 Å². The normalized spacial score (nSPS) is 11.1. The Morgan fingerprint density at radius 3 is 2.43 bits per heavy atom. The maximum absolute atomic E-state index is 9.60. The second-order valence-corrected chi connectivity index (χ2v) is 1.65. The van der Waals surface area contributed by atoms with E-state index in [-0.39, 0.29) is 0 Å². The zero-order chi connectivity index (χ0) is 5.70. The molecule has 0 aromatic heterocycles. The molecule has 0 radical (unpaired) electrons. The summed E-state index contributed by atoms with van der Waals surface area (Å²) in [6.07, 6.45) is 2.02. The fourth-order valence-electron chi connectivity index (χ4n) is 0.148. The lowest BCUT2D eigenvalue weighted by Crippen LogP contribution is -1.68. The van der Waals surface area contributed by atoms with Crippen molar-refractivity contribution in [3.8, 4) is 0 Å². The first-order valence-corrected chi connectivity index (χ1v) is 3.07. The molecule has 0 aromatic carbocycles. The van der Waals surface area contributed by atoms with E-state index in [2.05, 4.69) is 4.40 Å². The first kappa shape index (κ1) is 6.62. The van der Waals surface area contributed by atoms with E-state index in [1.54, 1.807) is 0 Å². The highest BCUT2D eigenvalue weighted by Gasteiger charge is 1.66. The first-order valence-electron chi connectivity index (χ1n) is 1.94. The van der Waals surface area contributed by atoms with Gasteiger partial charge in [-0.1, -0.05) is 6.92 Å². The summed E-state index contributed by atoms with van der Waals surface area (Å²) in [5.41, 5.74) is 0. The predicted molar refractivity (Wildman–Crippen MR) is 29.1 cm³/mol. The van der Waals surface area contributed by atoms with Gasteiger partial charge in [0.1, 0.15) is 0 Å². The fraction of sp³-hybridized carbons (Fsp3) is 0.667. The van der Waals surface area contributed by atoms with E-state index in [1.165, 1.54) is 6.21 Å². The summed E-state index contributed by atoms with van der Waals surface area (Å²) in [6, 6.07) is 0. The van der Waals surface area contributed by atoms with Crippen LogP contribution in [0.1, 0.15) is 13.3 Å². The lowest BCUT2D eigenvalue weighted by molar-refractivity contribution is 0.616. The van der Waals surface area contributed by atoms with Crippen molar-refractivity contribution in [2.75, 3.05) is 0 Å². The van der Waals surface area contributed by atoms with Crippen molar-refractivity contribution in [1.82, 2.24) is 0 Å². The molecule has 0 atom stereocenters. The third-order valence-corrected chi connectivity index (χ3v) is 0.710. The molecule has 0 aromatic rings. The highest BCUT2D eigenvalue weighted by molar-refractivity contribution is 7.71. The molecule has 4 heteroatoms. The van der Waals surface area contributed by atoms with Gasteiger partial charge in [-0.3, -0.25) is 0 Å². The molecule has 0 aliphatic carbocycles. The molecule has 0 spiro atoms. The third-order valence-electron chi connectivity index (χ3n) is 0.359. The van der Waals surface area contributed by atoms with Crippen molar-refractivity contribution >= 4 is 17.1 Å². The van der Waals surface area contributed by atoms with Crippen LogP contribution in [-0.4, -0.2) is 14.6 Å². The van der Waals surface area contributed by atoms with Crippen LogP contribution in [-0.2, 0) is 10.9 Å². The fourth-order valence-corrected chi connectivity index (χ4v) is 0.445. The molecule has 0 amide bonds. The van der Waals surface area contributed by atoms with Crippen LogP contribution in [0.25, 0.3) is 0 Å². The molecule has 0 aliphatic rings. The van der Waals surface area contributed by atoms with E-state index in [1.807, 2.05) is 6.92 Å². The Labute approximate surface area is 44.2 Å². The molecule has 7 heavy (non-hydrogen) atoms. The second-order valence-electron chi connectivity index (χ2n) is 0.944. The van der Waals surface area contributed by atoms with Crippen molar-refractivity contribution in [3.63, 3.8) is 0 Å². The molecule has 0 bridgehead atoms. The largest absolute Gasteiger partial charge is 0.242 e. The minimum Gasteiger partial charge on any atom is -0.208 e. The van der Waals surface area contributed by atoms with Crippen LogP contribution in [0, 0.1) is 0 Å². The Hall–Kier alpha value is -0.380. The van der Waals surface area contributed by atoms with Gasteiger partial charge in [0.05, 0.1) is 0 Å². The van der Waals surface area contributed by atoms with Gasteiger partial charge >= 0.3 is 0 Å². The Kier molecular flexibility index (Phi) is 3.59.